The summed E-state index contributed by atoms with van der Waals surface area (Å²) in [5.74, 6) is 1.63. The van der Waals surface area contributed by atoms with E-state index in [0.717, 1.165) is 31.6 Å². The van der Waals surface area contributed by atoms with Gasteiger partial charge in [-0.05, 0) is 24.3 Å². The Kier molecular flexibility index (Phi) is 5.77. The molecule has 1 atom stereocenters. The van der Waals surface area contributed by atoms with Gasteiger partial charge in [-0.15, -0.1) is 0 Å². The van der Waals surface area contributed by atoms with E-state index < -0.39 is 0 Å². The lowest BCUT2D eigenvalue weighted by Gasteiger charge is -2.31. The number of ether oxygens (including phenoxy) is 1. The minimum Gasteiger partial charge on any atom is -0.381 e. The van der Waals surface area contributed by atoms with E-state index in [1.54, 1.807) is 0 Å². The van der Waals surface area contributed by atoms with E-state index in [0.29, 0.717) is 5.41 Å². The van der Waals surface area contributed by atoms with Gasteiger partial charge in [-0.3, -0.25) is 0 Å². The van der Waals surface area contributed by atoms with Crippen molar-refractivity contribution >= 4 is 0 Å². The molecule has 2 nitrogen and oxygen atoms in total. The summed E-state index contributed by atoms with van der Waals surface area (Å²) in [6.07, 6.45) is 3.97. The highest BCUT2D eigenvalue weighted by atomic mass is 16.5. The average molecular weight is 227 g/mol. The van der Waals surface area contributed by atoms with Crippen molar-refractivity contribution in [2.45, 2.75) is 47.0 Å². The summed E-state index contributed by atoms with van der Waals surface area (Å²) in [6.45, 7) is 13.6. The fraction of sp³-hybridized carbons (Fsp3) is 1.00. The maximum atomic E-state index is 5.17. The van der Waals surface area contributed by atoms with Crippen molar-refractivity contribution in [2.75, 3.05) is 26.3 Å². The van der Waals surface area contributed by atoms with Crippen LogP contribution in [0.5, 0.6) is 0 Å². The van der Waals surface area contributed by atoms with Crippen molar-refractivity contribution in [3.63, 3.8) is 0 Å². The lowest BCUT2D eigenvalue weighted by molar-refractivity contribution is -0.0307. The third-order valence-electron chi connectivity index (χ3n) is 3.67. The van der Waals surface area contributed by atoms with Crippen LogP contribution in [-0.4, -0.2) is 26.3 Å². The molecule has 16 heavy (non-hydrogen) atoms. The molecule has 0 aliphatic carbocycles. The van der Waals surface area contributed by atoms with Crippen LogP contribution in [-0.2, 0) is 4.74 Å². The summed E-state index contributed by atoms with van der Waals surface area (Å²) in [5, 5.41) is 3.57. The van der Waals surface area contributed by atoms with E-state index in [1.807, 2.05) is 0 Å². The molecule has 1 rings (SSSR count). The lowest BCUT2D eigenvalue weighted by Crippen LogP contribution is -2.37. The monoisotopic (exact) mass is 227 g/mol. The summed E-state index contributed by atoms with van der Waals surface area (Å²) in [5.41, 5.74) is 0.456. The number of hydrogen-bond acceptors (Lipinski definition) is 2. The Morgan fingerprint density at radius 2 is 1.94 bits per heavy atom. The highest BCUT2D eigenvalue weighted by Gasteiger charge is 2.23. The van der Waals surface area contributed by atoms with Gasteiger partial charge in [-0.25, -0.2) is 0 Å². The quantitative estimate of drug-likeness (QED) is 0.675. The van der Waals surface area contributed by atoms with E-state index in [1.165, 1.54) is 25.8 Å². The van der Waals surface area contributed by atoms with Crippen LogP contribution in [0.3, 0.4) is 0 Å². The van der Waals surface area contributed by atoms with Crippen LogP contribution in [0.15, 0.2) is 0 Å². The number of hydrogen-bond donors (Lipinski definition) is 1. The molecule has 0 radical (unpaired) electrons. The summed E-state index contributed by atoms with van der Waals surface area (Å²) in [4.78, 5) is 0. The third kappa shape index (κ3) is 4.84. The summed E-state index contributed by atoms with van der Waals surface area (Å²) >= 11 is 0. The van der Waals surface area contributed by atoms with Crippen LogP contribution >= 0.6 is 0 Å². The second-order valence-electron chi connectivity index (χ2n) is 6.25. The minimum atomic E-state index is 0.456. The molecule has 1 unspecified atom stereocenters. The SMILES string of the molecule is CCCC(CCNCC1COC1)C(C)(C)C. The molecular weight excluding hydrogens is 198 g/mol. The molecule has 0 spiro atoms. The maximum Gasteiger partial charge on any atom is 0.0528 e. The predicted molar refractivity (Wildman–Crippen MR) is 69.6 cm³/mol. The molecule has 0 bridgehead atoms. The first kappa shape index (κ1) is 14.0. The number of nitrogens with one attached hydrogen (secondary N) is 1. The van der Waals surface area contributed by atoms with Crippen molar-refractivity contribution in [3.8, 4) is 0 Å². The average Bonchev–Trinajstić information content (AvgIpc) is 2.11. The van der Waals surface area contributed by atoms with Crippen LogP contribution in [0.2, 0.25) is 0 Å². The first-order valence-corrected chi connectivity index (χ1v) is 6.82. The summed E-state index contributed by atoms with van der Waals surface area (Å²) in [7, 11) is 0. The van der Waals surface area contributed by atoms with E-state index >= 15 is 0 Å². The van der Waals surface area contributed by atoms with Gasteiger partial charge in [-0.1, -0.05) is 40.5 Å². The van der Waals surface area contributed by atoms with Crippen molar-refractivity contribution in [2.24, 2.45) is 17.3 Å². The molecule has 1 N–H and O–H groups in total. The van der Waals surface area contributed by atoms with Gasteiger partial charge >= 0.3 is 0 Å². The van der Waals surface area contributed by atoms with Crippen LogP contribution in [0.4, 0.5) is 0 Å². The fourth-order valence-electron chi connectivity index (χ4n) is 2.34. The number of rotatable bonds is 7. The second-order valence-corrected chi connectivity index (χ2v) is 6.25. The van der Waals surface area contributed by atoms with Crippen molar-refractivity contribution in [1.82, 2.24) is 5.32 Å². The lowest BCUT2D eigenvalue weighted by atomic mass is 9.76. The first-order valence-electron chi connectivity index (χ1n) is 6.82. The Morgan fingerprint density at radius 3 is 2.38 bits per heavy atom. The molecule has 1 aliphatic heterocycles. The predicted octanol–water partition coefficient (Wildman–Crippen LogP) is 3.07. The highest BCUT2D eigenvalue weighted by Crippen LogP contribution is 2.32. The van der Waals surface area contributed by atoms with Gasteiger partial charge in [0.15, 0.2) is 0 Å². The standard InChI is InChI=1S/C14H29NO/c1-5-6-13(14(2,3)4)7-8-15-9-12-10-16-11-12/h12-13,15H,5-11H2,1-4H3. The van der Waals surface area contributed by atoms with Gasteiger partial charge in [-0.2, -0.15) is 0 Å². The topological polar surface area (TPSA) is 21.3 Å². The molecule has 1 heterocycles. The van der Waals surface area contributed by atoms with Gasteiger partial charge in [0.1, 0.15) is 0 Å². The molecule has 0 aromatic heterocycles. The van der Waals surface area contributed by atoms with Gasteiger partial charge in [0, 0.05) is 12.5 Å². The minimum absolute atomic E-state index is 0.456. The smallest absolute Gasteiger partial charge is 0.0528 e. The Labute approximate surface area is 101 Å². The first-order chi connectivity index (χ1) is 7.54. The van der Waals surface area contributed by atoms with Crippen LogP contribution in [0.1, 0.15) is 47.0 Å². The van der Waals surface area contributed by atoms with E-state index in [9.17, 15) is 0 Å². The Balaban J connectivity index is 2.11. The molecule has 0 saturated carbocycles. The molecule has 0 amide bonds. The molecule has 1 aliphatic rings. The summed E-state index contributed by atoms with van der Waals surface area (Å²) in [6, 6.07) is 0. The molecule has 0 aromatic carbocycles. The molecule has 0 aromatic rings. The van der Waals surface area contributed by atoms with Crippen LogP contribution in [0.25, 0.3) is 0 Å². The van der Waals surface area contributed by atoms with Crippen molar-refractivity contribution in [1.29, 1.82) is 0 Å². The molecular formula is C14H29NO. The van der Waals surface area contributed by atoms with Gasteiger partial charge in [0.05, 0.1) is 13.2 Å². The Hall–Kier alpha value is -0.0800. The Bertz CT molecular complexity index is 182. The van der Waals surface area contributed by atoms with E-state index in [-0.39, 0.29) is 0 Å². The van der Waals surface area contributed by atoms with Crippen molar-refractivity contribution in [3.05, 3.63) is 0 Å². The van der Waals surface area contributed by atoms with E-state index in [4.69, 9.17) is 4.74 Å². The Morgan fingerprint density at radius 1 is 1.25 bits per heavy atom. The fourth-order valence-corrected chi connectivity index (χ4v) is 2.34. The molecule has 96 valence electrons. The normalized spacial score (nSPS) is 19.5. The largest absolute Gasteiger partial charge is 0.381 e. The zero-order chi connectivity index (χ0) is 12.0. The highest BCUT2D eigenvalue weighted by molar-refractivity contribution is 4.75. The van der Waals surface area contributed by atoms with Gasteiger partial charge < -0.3 is 10.1 Å². The van der Waals surface area contributed by atoms with Crippen molar-refractivity contribution < 1.29 is 4.74 Å². The third-order valence-corrected chi connectivity index (χ3v) is 3.67. The molecule has 1 fully saturated rings. The van der Waals surface area contributed by atoms with E-state index in [2.05, 4.69) is 33.0 Å². The summed E-state index contributed by atoms with van der Waals surface area (Å²) < 4.78 is 5.17. The van der Waals surface area contributed by atoms with Crippen LogP contribution < -0.4 is 5.32 Å². The second kappa shape index (κ2) is 6.61. The molecule has 2 heteroatoms. The zero-order valence-electron chi connectivity index (χ0n) is 11.5. The maximum absolute atomic E-state index is 5.17. The van der Waals surface area contributed by atoms with Gasteiger partial charge in [0.2, 0.25) is 0 Å². The van der Waals surface area contributed by atoms with Crippen LogP contribution in [0, 0.1) is 17.3 Å². The van der Waals surface area contributed by atoms with Gasteiger partial charge in [0.25, 0.3) is 0 Å². The molecule has 1 saturated heterocycles. The zero-order valence-corrected chi connectivity index (χ0v) is 11.5.